The topological polar surface area (TPSA) is 54.5 Å². The molecule has 0 spiro atoms. The summed E-state index contributed by atoms with van der Waals surface area (Å²) in [5.41, 5.74) is 1.14. The molecule has 3 rings (SSSR count). The number of hydrogen-bond acceptors (Lipinski definition) is 5. The van der Waals surface area contributed by atoms with Gasteiger partial charge in [0.1, 0.15) is 5.76 Å². The van der Waals surface area contributed by atoms with Crippen LogP contribution >= 0.6 is 0 Å². The fourth-order valence-corrected chi connectivity index (χ4v) is 3.19. The summed E-state index contributed by atoms with van der Waals surface area (Å²) >= 11 is 0. The molecule has 6 heteroatoms. The minimum absolute atomic E-state index is 0.0518. The molecule has 0 aromatic carbocycles. The Kier molecular flexibility index (Phi) is 5.16. The van der Waals surface area contributed by atoms with E-state index in [9.17, 15) is 4.79 Å². The van der Waals surface area contributed by atoms with Crippen LogP contribution in [0.3, 0.4) is 0 Å². The minimum Gasteiger partial charge on any atom is -0.444 e. The van der Waals surface area contributed by atoms with Gasteiger partial charge in [-0.3, -0.25) is 14.6 Å². The van der Waals surface area contributed by atoms with E-state index in [0.717, 1.165) is 56.2 Å². The van der Waals surface area contributed by atoms with Crippen LogP contribution in [0, 0.1) is 0 Å². The number of hydrogen-bond donors (Lipinski definition) is 0. The molecule has 1 atom stereocenters. The summed E-state index contributed by atoms with van der Waals surface area (Å²) in [6, 6.07) is 4.25. The van der Waals surface area contributed by atoms with Gasteiger partial charge >= 0.3 is 0 Å². The fraction of sp³-hybridized carbons (Fsp3) is 0.556. The Morgan fingerprint density at radius 3 is 3.00 bits per heavy atom. The third-order valence-electron chi connectivity index (χ3n) is 4.78. The van der Waals surface area contributed by atoms with Crippen LogP contribution in [0.2, 0.25) is 0 Å². The van der Waals surface area contributed by atoms with Crippen LogP contribution in [0.25, 0.3) is 0 Å². The van der Waals surface area contributed by atoms with Gasteiger partial charge < -0.3 is 8.98 Å². The lowest BCUT2D eigenvalue weighted by Crippen LogP contribution is -2.34. The molecule has 1 aliphatic heterocycles. The molecule has 0 N–H and O–H groups in total. The van der Waals surface area contributed by atoms with E-state index in [1.807, 2.05) is 18.5 Å². The van der Waals surface area contributed by atoms with Crippen LogP contribution in [0.4, 0.5) is 0 Å². The predicted molar refractivity (Wildman–Crippen MR) is 92.7 cm³/mol. The van der Waals surface area contributed by atoms with Gasteiger partial charge in [0.15, 0.2) is 0 Å². The van der Waals surface area contributed by atoms with Crippen molar-refractivity contribution in [2.24, 2.45) is 7.05 Å². The molecule has 0 amide bonds. The van der Waals surface area contributed by atoms with E-state index in [0.29, 0.717) is 6.04 Å². The largest absolute Gasteiger partial charge is 0.444 e. The summed E-state index contributed by atoms with van der Waals surface area (Å²) < 4.78 is 7.31. The second kappa shape index (κ2) is 7.32. The smallest absolute Gasteiger partial charge is 0.250 e. The van der Waals surface area contributed by atoms with E-state index in [1.54, 1.807) is 17.7 Å². The summed E-state index contributed by atoms with van der Waals surface area (Å²) in [6.45, 7) is 5.70. The number of likely N-dealkylation sites (tertiary alicyclic amines) is 1. The third kappa shape index (κ3) is 3.94. The molecule has 2 aromatic heterocycles. The maximum atomic E-state index is 11.7. The zero-order chi connectivity index (χ0) is 17.1. The van der Waals surface area contributed by atoms with E-state index < -0.39 is 0 Å². The first-order valence-corrected chi connectivity index (χ1v) is 8.57. The molecule has 0 aliphatic carbocycles. The predicted octanol–water partition coefficient (Wildman–Crippen LogP) is 1.64. The summed E-state index contributed by atoms with van der Waals surface area (Å²) in [7, 11) is 3.90. The Balaban J connectivity index is 1.54. The van der Waals surface area contributed by atoms with Crippen LogP contribution in [-0.2, 0) is 26.6 Å². The highest BCUT2D eigenvalue weighted by Crippen LogP contribution is 2.18. The highest BCUT2D eigenvalue weighted by molar-refractivity contribution is 5.11. The zero-order valence-electron chi connectivity index (χ0n) is 14.7. The van der Waals surface area contributed by atoms with Crippen LogP contribution < -0.4 is 5.56 Å². The molecule has 130 valence electrons. The van der Waals surface area contributed by atoms with Gasteiger partial charge in [0, 0.05) is 51.4 Å². The van der Waals surface area contributed by atoms with Crippen molar-refractivity contribution in [3.05, 3.63) is 52.1 Å². The molecule has 0 radical (unpaired) electrons. The normalized spacial score (nSPS) is 18.6. The fourth-order valence-electron chi connectivity index (χ4n) is 3.19. The second-order valence-electron chi connectivity index (χ2n) is 6.65. The molecule has 1 fully saturated rings. The first kappa shape index (κ1) is 16.9. The molecular weight excluding hydrogens is 304 g/mol. The number of aryl methyl sites for hydroxylation is 2. The number of pyridine rings is 1. The van der Waals surface area contributed by atoms with Gasteiger partial charge in [-0.2, -0.15) is 0 Å². The van der Waals surface area contributed by atoms with E-state index in [1.165, 1.54) is 0 Å². The molecule has 0 saturated carbocycles. The Hall–Kier alpha value is -1.92. The van der Waals surface area contributed by atoms with Crippen molar-refractivity contribution >= 4 is 0 Å². The molecule has 0 unspecified atom stereocenters. The van der Waals surface area contributed by atoms with Crippen molar-refractivity contribution < 1.29 is 4.42 Å². The lowest BCUT2D eigenvalue weighted by atomic mass is 10.2. The molecule has 1 aliphatic rings. The summed E-state index contributed by atoms with van der Waals surface area (Å²) in [5.74, 6) is 1.73. The summed E-state index contributed by atoms with van der Waals surface area (Å²) in [5, 5.41) is 0. The molecule has 24 heavy (non-hydrogen) atoms. The standard InChI is InChI=1S/C18H26N4O2/c1-4-16-10-19-17(24-16)13-21(3)15-6-8-22(12-15)11-14-5-7-20(2)18(23)9-14/h5,7,9-10,15H,4,6,8,11-13H2,1-3H3/t15-/m1/s1. The molecular formula is C18H26N4O2. The lowest BCUT2D eigenvalue weighted by Gasteiger charge is -2.23. The minimum atomic E-state index is 0.0518. The maximum absolute atomic E-state index is 11.7. The quantitative estimate of drug-likeness (QED) is 0.806. The summed E-state index contributed by atoms with van der Waals surface area (Å²) in [6.07, 6.45) is 5.67. The molecule has 0 bridgehead atoms. The highest BCUT2D eigenvalue weighted by Gasteiger charge is 2.26. The first-order chi connectivity index (χ1) is 11.5. The van der Waals surface area contributed by atoms with Gasteiger partial charge in [0.25, 0.3) is 5.56 Å². The Labute approximate surface area is 142 Å². The average Bonchev–Trinajstić information content (AvgIpc) is 3.20. The van der Waals surface area contributed by atoms with Crippen molar-refractivity contribution in [3.8, 4) is 0 Å². The SMILES string of the molecule is CCc1cnc(CN(C)[C@@H]2CCN(Cc3ccn(C)c(=O)c3)C2)o1. The van der Waals surface area contributed by atoms with Crippen molar-refractivity contribution in [1.82, 2.24) is 19.4 Å². The number of oxazole rings is 1. The highest BCUT2D eigenvalue weighted by atomic mass is 16.4. The van der Waals surface area contributed by atoms with E-state index >= 15 is 0 Å². The van der Waals surface area contributed by atoms with Crippen LogP contribution in [0.5, 0.6) is 0 Å². The van der Waals surface area contributed by atoms with E-state index in [4.69, 9.17) is 4.42 Å². The monoisotopic (exact) mass is 330 g/mol. The Bertz CT molecular complexity index is 737. The number of rotatable bonds is 6. The molecule has 1 saturated heterocycles. The van der Waals surface area contributed by atoms with Crippen molar-refractivity contribution in [3.63, 3.8) is 0 Å². The van der Waals surface area contributed by atoms with Gasteiger partial charge in [0.05, 0.1) is 12.7 Å². The Morgan fingerprint density at radius 2 is 2.29 bits per heavy atom. The maximum Gasteiger partial charge on any atom is 0.250 e. The van der Waals surface area contributed by atoms with Crippen LogP contribution in [-0.4, -0.2) is 45.5 Å². The Morgan fingerprint density at radius 1 is 1.46 bits per heavy atom. The second-order valence-corrected chi connectivity index (χ2v) is 6.65. The van der Waals surface area contributed by atoms with Gasteiger partial charge in [-0.25, -0.2) is 4.98 Å². The summed E-state index contributed by atoms with van der Waals surface area (Å²) in [4.78, 5) is 20.8. The number of aromatic nitrogens is 2. The van der Waals surface area contributed by atoms with Crippen molar-refractivity contribution in [2.75, 3.05) is 20.1 Å². The third-order valence-corrected chi connectivity index (χ3v) is 4.78. The van der Waals surface area contributed by atoms with Crippen molar-refractivity contribution in [2.45, 2.75) is 38.9 Å². The van der Waals surface area contributed by atoms with Crippen LogP contribution in [0.15, 0.2) is 33.7 Å². The first-order valence-electron chi connectivity index (χ1n) is 8.57. The zero-order valence-corrected chi connectivity index (χ0v) is 14.7. The molecule has 2 aromatic rings. The lowest BCUT2D eigenvalue weighted by molar-refractivity contribution is 0.204. The number of likely N-dealkylation sites (N-methyl/N-ethyl adjacent to an activating group) is 1. The van der Waals surface area contributed by atoms with Crippen LogP contribution in [0.1, 0.15) is 30.6 Å². The van der Waals surface area contributed by atoms with E-state index in [2.05, 4.69) is 28.8 Å². The number of nitrogens with zero attached hydrogens (tertiary/aromatic N) is 4. The van der Waals surface area contributed by atoms with Gasteiger partial charge in [-0.15, -0.1) is 0 Å². The average molecular weight is 330 g/mol. The molecule has 6 nitrogen and oxygen atoms in total. The van der Waals surface area contributed by atoms with Gasteiger partial charge in [-0.05, 0) is 25.1 Å². The van der Waals surface area contributed by atoms with Gasteiger partial charge in [-0.1, -0.05) is 6.92 Å². The van der Waals surface area contributed by atoms with E-state index in [-0.39, 0.29) is 5.56 Å². The van der Waals surface area contributed by atoms with Gasteiger partial charge in [0.2, 0.25) is 5.89 Å². The molecule has 3 heterocycles. The van der Waals surface area contributed by atoms with Crippen molar-refractivity contribution in [1.29, 1.82) is 0 Å².